The van der Waals surface area contributed by atoms with E-state index in [9.17, 15) is 4.79 Å². The standard InChI is InChI=1S/C24H31N7O/c1-16-11-17(2)13-19(12-16)27-24-25-8-7-20(28-24)21-14-22(30(4)29-21)23(32)26-18(3)15-31-9-5-6-10-31/h7-8,11-14,18H,5-6,9-10,15H2,1-4H3,(H,26,32)(H,25,27,28). The van der Waals surface area contributed by atoms with E-state index in [0.717, 1.165) is 25.3 Å². The van der Waals surface area contributed by atoms with Gasteiger partial charge in [0.2, 0.25) is 5.95 Å². The van der Waals surface area contributed by atoms with Crippen molar-refractivity contribution in [1.82, 2.24) is 30.0 Å². The third-order valence-corrected chi connectivity index (χ3v) is 5.62. The maximum atomic E-state index is 12.8. The van der Waals surface area contributed by atoms with Crippen LogP contribution in [0.1, 0.15) is 41.4 Å². The van der Waals surface area contributed by atoms with Crippen molar-refractivity contribution in [2.75, 3.05) is 25.0 Å². The smallest absolute Gasteiger partial charge is 0.269 e. The van der Waals surface area contributed by atoms with Gasteiger partial charge in [-0.2, -0.15) is 5.10 Å². The molecule has 8 heteroatoms. The van der Waals surface area contributed by atoms with Crippen LogP contribution < -0.4 is 10.6 Å². The van der Waals surface area contributed by atoms with E-state index in [0.29, 0.717) is 23.0 Å². The summed E-state index contributed by atoms with van der Waals surface area (Å²) in [7, 11) is 1.78. The predicted molar refractivity (Wildman–Crippen MR) is 126 cm³/mol. The molecule has 1 unspecified atom stereocenters. The Balaban J connectivity index is 1.47. The van der Waals surface area contributed by atoms with Crippen molar-refractivity contribution in [3.63, 3.8) is 0 Å². The number of hydrogen-bond acceptors (Lipinski definition) is 6. The highest BCUT2D eigenvalue weighted by molar-refractivity contribution is 5.93. The summed E-state index contributed by atoms with van der Waals surface area (Å²) in [5.41, 5.74) is 5.08. The van der Waals surface area contributed by atoms with E-state index < -0.39 is 0 Å². The lowest BCUT2D eigenvalue weighted by atomic mass is 10.1. The molecule has 1 amide bonds. The van der Waals surface area contributed by atoms with E-state index in [-0.39, 0.29) is 11.9 Å². The lowest BCUT2D eigenvalue weighted by Crippen LogP contribution is -2.41. The summed E-state index contributed by atoms with van der Waals surface area (Å²) in [4.78, 5) is 24.2. The second-order valence-corrected chi connectivity index (χ2v) is 8.69. The number of nitrogens with zero attached hydrogens (tertiary/aromatic N) is 5. The third kappa shape index (κ3) is 5.31. The fraction of sp³-hybridized carbons (Fsp3) is 0.417. The average Bonchev–Trinajstić information content (AvgIpc) is 3.37. The zero-order valence-electron chi connectivity index (χ0n) is 19.2. The summed E-state index contributed by atoms with van der Waals surface area (Å²) < 4.78 is 1.60. The van der Waals surface area contributed by atoms with E-state index >= 15 is 0 Å². The predicted octanol–water partition coefficient (Wildman–Crippen LogP) is 3.45. The van der Waals surface area contributed by atoms with Gasteiger partial charge in [-0.3, -0.25) is 9.48 Å². The summed E-state index contributed by atoms with van der Waals surface area (Å²) in [6.45, 7) is 9.26. The molecule has 2 N–H and O–H groups in total. The van der Waals surface area contributed by atoms with E-state index in [1.54, 1.807) is 30.1 Å². The van der Waals surface area contributed by atoms with Crippen LogP contribution in [0.3, 0.4) is 0 Å². The number of rotatable bonds is 7. The van der Waals surface area contributed by atoms with Crippen molar-refractivity contribution in [3.8, 4) is 11.4 Å². The molecular weight excluding hydrogens is 402 g/mol. The minimum atomic E-state index is -0.124. The summed E-state index contributed by atoms with van der Waals surface area (Å²) >= 11 is 0. The molecule has 2 aromatic heterocycles. The molecule has 1 aliphatic heterocycles. The maximum absolute atomic E-state index is 12.8. The van der Waals surface area contributed by atoms with Gasteiger partial charge < -0.3 is 15.5 Å². The number of carbonyl (C=O) groups excluding carboxylic acids is 1. The maximum Gasteiger partial charge on any atom is 0.269 e. The van der Waals surface area contributed by atoms with Crippen molar-refractivity contribution in [1.29, 1.82) is 0 Å². The molecule has 1 saturated heterocycles. The minimum absolute atomic E-state index is 0.0755. The molecule has 1 atom stereocenters. The van der Waals surface area contributed by atoms with E-state index in [1.807, 2.05) is 6.92 Å². The number of hydrogen-bond donors (Lipinski definition) is 2. The lowest BCUT2D eigenvalue weighted by molar-refractivity contribution is 0.0922. The molecule has 8 nitrogen and oxygen atoms in total. The fourth-order valence-corrected chi connectivity index (χ4v) is 4.24. The van der Waals surface area contributed by atoms with Gasteiger partial charge in [0.05, 0.1) is 5.69 Å². The van der Waals surface area contributed by atoms with Crippen molar-refractivity contribution in [3.05, 3.63) is 53.3 Å². The van der Waals surface area contributed by atoms with Crippen LogP contribution in [0.4, 0.5) is 11.6 Å². The Morgan fingerprint density at radius 3 is 2.53 bits per heavy atom. The Labute approximate surface area is 189 Å². The van der Waals surface area contributed by atoms with Gasteiger partial charge in [0, 0.05) is 31.5 Å². The van der Waals surface area contributed by atoms with Gasteiger partial charge in [-0.05, 0) is 82.1 Å². The van der Waals surface area contributed by atoms with Gasteiger partial charge in [0.15, 0.2) is 0 Å². The molecule has 0 saturated carbocycles. The largest absolute Gasteiger partial charge is 0.347 e. The molecule has 1 aliphatic rings. The van der Waals surface area contributed by atoms with Crippen molar-refractivity contribution in [2.24, 2.45) is 7.05 Å². The number of aryl methyl sites for hydroxylation is 3. The van der Waals surface area contributed by atoms with Crippen LogP contribution in [0.25, 0.3) is 11.4 Å². The second kappa shape index (κ2) is 9.48. The number of aromatic nitrogens is 4. The molecule has 0 aliphatic carbocycles. The molecule has 3 heterocycles. The van der Waals surface area contributed by atoms with Crippen LogP contribution in [0.5, 0.6) is 0 Å². The van der Waals surface area contributed by atoms with Crippen LogP contribution in [0, 0.1) is 13.8 Å². The van der Waals surface area contributed by atoms with Crippen LogP contribution in [-0.4, -0.2) is 56.2 Å². The molecule has 0 spiro atoms. The molecule has 1 aromatic carbocycles. The number of nitrogens with one attached hydrogen (secondary N) is 2. The molecule has 32 heavy (non-hydrogen) atoms. The monoisotopic (exact) mass is 433 g/mol. The van der Waals surface area contributed by atoms with Crippen LogP contribution in [0.15, 0.2) is 36.5 Å². The molecule has 3 aromatic rings. The first-order chi connectivity index (χ1) is 15.4. The Hall–Kier alpha value is -3.26. The van der Waals surface area contributed by atoms with Crippen molar-refractivity contribution < 1.29 is 4.79 Å². The molecule has 0 radical (unpaired) electrons. The van der Waals surface area contributed by atoms with Gasteiger partial charge in [-0.15, -0.1) is 0 Å². The molecule has 168 valence electrons. The number of anilines is 2. The van der Waals surface area contributed by atoms with Gasteiger partial charge in [-0.25, -0.2) is 9.97 Å². The van der Waals surface area contributed by atoms with E-state index in [2.05, 4.69) is 62.6 Å². The van der Waals surface area contributed by atoms with Crippen LogP contribution in [0.2, 0.25) is 0 Å². The Morgan fingerprint density at radius 1 is 1.09 bits per heavy atom. The SMILES string of the molecule is Cc1cc(C)cc(Nc2nccc(-c3cc(C(=O)NC(C)CN4CCCC4)n(C)n3)n2)c1. The first-order valence-corrected chi connectivity index (χ1v) is 11.1. The summed E-state index contributed by atoms with van der Waals surface area (Å²) in [6.07, 6.45) is 4.18. The van der Waals surface area contributed by atoms with Crippen LogP contribution >= 0.6 is 0 Å². The first kappa shape index (κ1) is 22.0. The van der Waals surface area contributed by atoms with E-state index in [1.165, 1.54) is 24.0 Å². The van der Waals surface area contributed by atoms with Gasteiger partial charge >= 0.3 is 0 Å². The number of benzene rings is 1. The number of amides is 1. The number of carbonyl (C=O) groups is 1. The highest BCUT2D eigenvalue weighted by atomic mass is 16.2. The summed E-state index contributed by atoms with van der Waals surface area (Å²) in [5.74, 6) is 0.365. The quantitative estimate of drug-likeness (QED) is 0.593. The van der Waals surface area contributed by atoms with Gasteiger partial charge in [-0.1, -0.05) is 6.07 Å². The first-order valence-electron chi connectivity index (χ1n) is 11.1. The molecule has 4 rings (SSSR count). The minimum Gasteiger partial charge on any atom is -0.347 e. The summed E-state index contributed by atoms with van der Waals surface area (Å²) in [6, 6.07) is 9.87. The molecule has 1 fully saturated rings. The molecular formula is C24H31N7O. The van der Waals surface area contributed by atoms with Gasteiger partial charge in [0.1, 0.15) is 11.4 Å². The van der Waals surface area contributed by atoms with Crippen molar-refractivity contribution >= 4 is 17.5 Å². The van der Waals surface area contributed by atoms with Gasteiger partial charge in [0.25, 0.3) is 5.91 Å². The van der Waals surface area contributed by atoms with Crippen molar-refractivity contribution in [2.45, 2.75) is 39.7 Å². The zero-order valence-corrected chi connectivity index (χ0v) is 19.2. The molecule has 0 bridgehead atoms. The third-order valence-electron chi connectivity index (χ3n) is 5.62. The highest BCUT2D eigenvalue weighted by Gasteiger charge is 2.20. The van der Waals surface area contributed by atoms with Crippen LogP contribution in [-0.2, 0) is 7.05 Å². The summed E-state index contributed by atoms with van der Waals surface area (Å²) in [5, 5.41) is 10.9. The fourth-order valence-electron chi connectivity index (χ4n) is 4.24. The Bertz CT molecular complexity index is 1080. The Morgan fingerprint density at radius 2 is 1.81 bits per heavy atom. The highest BCUT2D eigenvalue weighted by Crippen LogP contribution is 2.21. The topological polar surface area (TPSA) is 88.0 Å². The van der Waals surface area contributed by atoms with E-state index in [4.69, 9.17) is 0 Å². The zero-order chi connectivity index (χ0) is 22.7. The number of likely N-dealkylation sites (tertiary alicyclic amines) is 1. The normalized spacial score (nSPS) is 15.0. The lowest BCUT2D eigenvalue weighted by Gasteiger charge is -2.21. The average molecular weight is 434 g/mol. The second-order valence-electron chi connectivity index (χ2n) is 8.69. The Kier molecular flexibility index (Phi) is 6.50.